The maximum atomic E-state index is 13.3. The molecule has 1 amide bonds. The van der Waals surface area contributed by atoms with E-state index in [2.05, 4.69) is 5.32 Å². The molecule has 4 N–H and O–H groups in total. The molecule has 0 spiro atoms. The van der Waals surface area contributed by atoms with Gasteiger partial charge in [-0.15, -0.1) is 0 Å². The summed E-state index contributed by atoms with van der Waals surface area (Å²) in [6, 6.07) is 8.63. The molecule has 148 valence electrons. The van der Waals surface area contributed by atoms with Crippen molar-refractivity contribution in [1.82, 2.24) is 5.32 Å². The van der Waals surface area contributed by atoms with Crippen LogP contribution in [0, 0.1) is 11.2 Å². The highest BCUT2D eigenvalue weighted by Gasteiger charge is 2.17. The summed E-state index contributed by atoms with van der Waals surface area (Å²) in [6.45, 7) is 2.00. The summed E-state index contributed by atoms with van der Waals surface area (Å²) in [5.41, 5.74) is 7.21. The Morgan fingerprint density at radius 3 is 2.48 bits per heavy atom. The van der Waals surface area contributed by atoms with Gasteiger partial charge in [0.15, 0.2) is 0 Å². The molecule has 6 nitrogen and oxygen atoms in total. The minimum Gasteiger partial charge on any atom is -0.495 e. The van der Waals surface area contributed by atoms with Gasteiger partial charge >= 0.3 is 0 Å². The zero-order valence-corrected chi connectivity index (χ0v) is 15.5. The number of carbonyl (C=O) groups excluding carboxylic acids is 1. The molecular weight excluding hydrogens is 349 g/mol. The monoisotopic (exact) mass is 377 g/mol. The molecule has 2 aromatic rings. The van der Waals surface area contributed by atoms with Crippen molar-refractivity contribution >= 4 is 17.3 Å². The average molecular weight is 377 g/mol. The Kier molecular flexibility index (Phi) is 7.31. The molecule has 0 unspecified atom stereocenters. The second-order valence-electron chi connectivity index (χ2n) is 5.92. The molecule has 1 aliphatic heterocycles. The van der Waals surface area contributed by atoms with E-state index in [0.29, 0.717) is 16.7 Å². The molecule has 0 aromatic heterocycles. The Morgan fingerprint density at radius 1 is 1.26 bits per heavy atom. The highest BCUT2D eigenvalue weighted by Crippen LogP contribution is 2.29. The van der Waals surface area contributed by atoms with Crippen LogP contribution in [0.25, 0.3) is 0 Å². The summed E-state index contributed by atoms with van der Waals surface area (Å²) in [5.74, 6) is -0.487. The van der Waals surface area contributed by atoms with Crippen LogP contribution in [0.4, 0.5) is 10.1 Å². The molecular formula is C20H28FN3O3. The van der Waals surface area contributed by atoms with Gasteiger partial charge < -0.3 is 20.5 Å². The van der Waals surface area contributed by atoms with Crippen molar-refractivity contribution in [2.45, 2.75) is 12.8 Å². The third-order valence-electron chi connectivity index (χ3n) is 4.06. The third-order valence-corrected chi connectivity index (χ3v) is 4.06. The molecule has 0 atom stereocenters. The SMILES string of the molecule is C1CCOC1.CNC(=O)c1cc(OC)c(N)c(C(=N)c2cccc(F)c2)c1.[HH].[HH]. The maximum absolute atomic E-state index is 13.3. The van der Waals surface area contributed by atoms with E-state index in [1.807, 2.05) is 0 Å². The molecule has 0 bridgehead atoms. The first kappa shape index (κ1) is 20.4. The van der Waals surface area contributed by atoms with Crippen molar-refractivity contribution in [3.8, 4) is 5.75 Å². The number of anilines is 1. The minimum atomic E-state index is -0.449. The first-order chi connectivity index (χ1) is 13.0. The van der Waals surface area contributed by atoms with E-state index < -0.39 is 5.82 Å². The van der Waals surface area contributed by atoms with Crippen LogP contribution in [0.2, 0.25) is 0 Å². The number of amides is 1. The number of ether oxygens (including phenoxy) is 2. The number of carbonyl (C=O) groups is 1. The molecule has 0 aliphatic carbocycles. The molecule has 27 heavy (non-hydrogen) atoms. The van der Waals surface area contributed by atoms with E-state index in [4.69, 9.17) is 20.6 Å². The number of nitrogens with one attached hydrogen (secondary N) is 2. The minimum absolute atomic E-state index is 0. The fourth-order valence-corrected chi connectivity index (χ4v) is 2.59. The highest BCUT2D eigenvalue weighted by molar-refractivity contribution is 6.15. The molecule has 0 saturated carbocycles. The second kappa shape index (κ2) is 9.68. The van der Waals surface area contributed by atoms with Crippen LogP contribution in [0.3, 0.4) is 0 Å². The predicted octanol–water partition coefficient (Wildman–Crippen LogP) is 3.48. The number of hydrogen-bond acceptors (Lipinski definition) is 5. The van der Waals surface area contributed by atoms with Gasteiger partial charge in [-0.3, -0.25) is 10.2 Å². The van der Waals surface area contributed by atoms with E-state index in [0.717, 1.165) is 13.2 Å². The van der Waals surface area contributed by atoms with Gasteiger partial charge in [0.25, 0.3) is 5.91 Å². The number of nitrogens with two attached hydrogens (primary N) is 1. The van der Waals surface area contributed by atoms with Crippen LogP contribution in [0.5, 0.6) is 5.75 Å². The molecule has 0 radical (unpaired) electrons. The van der Waals surface area contributed by atoms with Gasteiger partial charge in [0.05, 0.1) is 18.5 Å². The van der Waals surface area contributed by atoms with E-state index in [9.17, 15) is 9.18 Å². The van der Waals surface area contributed by atoms with E-state index in [1.165, 1.54) is 57.3 Å². The summed E-state index contributed by atoms with van der Waals surface area (Å²) < 4.78 is 23.4. The van der Waals surface area contributed by atoms with Crippen LogP contribution in [-0.4, -0.2) is 39.0 Å². The molecule has 1 aliphatic rings. The number of hydrogen-bond donors (Lipinski definition) is 3. The topological polar surface area (TPSA) is 97.4 Å². The van der Waals surface area contributed by atoms with Crippen molar-refractivity contribution < 1.29 is 21.5 Å². The van der Waals surface area contributed by atoms with Crippen molar-refractivity contribution in [1.29, 1.82) is 5.41 Å². The number of benzene rings is 2. The Balaban J connectivity index is 0.000000978. The van der Waals surface area contributed by atoms with E-state index in [-0.39, 0.29) is 25.9 Å². The molecule has 3 rings (SSSR count). The normalized spacial score (nSPS) is 12.7. The smallest absolute Gasteiger partial charge is 0.251 e. The number of rotatable bonds is 4. The summed E-state index contributed by atoms with van der Waals surface area (Å²) >= 11 is 0. The molecule has 1 fully saturated rings. The van der Waals surface area contributed by atoms with Crippen LogP contribution in [0.15, 0.2) is 36.4 Å². The summed E-state index contributed by atoms with van der Waals surface area (Å²) in [5, 5.41) is 10.7. The average Bonchev–Trinajstić information content (AvgIpc) is 3.27. The van der Waals surface area contributed by atoms with Gasteiger partial charge in [-0.05, 0) is 37.1 Å². The molecule has 1 heterocycles. The van der Waals surface area contributed by atoms with Gasteiger partial charge in [-0.1, -0.05) is 12.1 Å². The Morgan fingerprint density at radius 2 is 1.96 bits per heavy atom. The van der Waals surface area contributed by atoms with Gasteiger partial charge in [0, 0.05) is 39.8 Å². The lowest BCUT2D eigenvalue weighted by Crippen LogP contribution is -2.19. The van der Waals surface area contributed by atoms with Gasteiger partial charge in [-0.2, -0.15) is 0 Å². The zero-order chi connectivity index (χ0) is 19.8. The van der Waals surface area contributed by atoms with E-state index >= 15 is 0 Å². The summed E-state index contributed by atoms with van der Waals surface area (Å²) in [6.07, 6.45) is 2.56. The van der Waals surface area contributed by atoms with Crippen molar-refractivity contribution in [3.05, 3.63) is 58.9 Å². The first-order valence-corrected chi connectivity index (χ1v) is 8.60. The Bertz CT molecular complexity index is 823. The Hall–Kier alpha value is -2.93. The second-order valence-corrected chi connectivity index (χ2v) is 5.92. The van der Waals surface area contributed by atoms with Crippen LogP contribution in [-0.2, 0) is 4.74 Å². The molecule has 1 saturated heterocycles. The Labute approximate surface area is 161 Å². The van der Waals surface area contributed by atoms with Crippen LogP contribution in [0.1, 0.15) is 37.2 Å². The number of methoxy groups -OCH3 is 1. The van der Waals surface area contributed by atoms with Crippen molar-refractivity contribution in [3.63, 3.8) is 0 Å². The number of halogens is 1. The van der Waals surface area contributed by atoms with Crippen LogP contribution < -0.4 is 15.8 Å². The molecule has 7 heteroatoms. The lowest BCUT2D eigenvalue weighted by Gasteiger charge is -2.14. The van der Waals surface area contributed by atoms with Crippen molar-refractivity contribution in [2.75, 3.05) is 33.1 Å². The van der Waals surface area contributed by atoms with Crippen LogP contribution >= 0.6 is 0 Å². The van der Waals surface area contributed by atoms with Gasteiger partial charge in [-0.25, -0.2) is 4.39 Å². The third kappa shape index (κ3) is 5.27. The number of nitrogen functional groups attached to an aromatic ring is 1. The zero-order valence-electron chi connectivity index (χ0n) is 15.5. The van der Waals surface area contributed by atoms with Gasteiger partial charge in [0.2, 0.25) is 0 Å². The lowest BCUT2D eigenvalue weighted by molar-refractivity contribution is 0.0962. The lowest BCUT2D eigenvalue weighted by atomic mass is 9.98. The predicted molar refractivity (Wildman–Crippen MR) is 107 cm³/mol. The van der Waals surface area contributed by atoms with Crippen molar-refractivity contribution in [2.24, 2.45) is 0 Å². The highest BCUT2D eigenvalue weighted by atomic mass is 19.1. The molecule has 2 aromatic carbocycles. The maximum Gasteiger partial charge on any atom is 0.251 e. The summed E-state index contributed by atoms with van der Waals surface area (Å²) in [4.78, 5) is 11.8. The van der Waals surface area contributed by atoms with E-state index in [1.54, 1.807) is 6.07 Å². The quantitative estimate of drug-likeness (QED) is 0.561. The first-order valence-electron chi connectivity index (χ1n) is 8.60. The standard InChI is InChI=1S/C16H16FN3O2.C4H8O.2H2/c1-20-16(21)10-7-12(15(19)13(8-10)22-2)14(18)9-4-3-5-11(17)6-9;1-2-4-5-3-1;;/h3-8,18H,19H2,1-2H3,(H,20,21);1-4H2;2*1H. The fourth-order valence-electron chi connectivity index (χ4n) is 2.59. The van der Waals surface area contributed by atoms with Gasteiger partial charge in [0.1, 0.15) is 11.6 Å². The fraction of sp³-hybridized carbons (Fsp3) is 0.300. The summed E-state index contributed by atoms with van der Waals surface area (Å²) in [7, 11) is 2.93. The largest absolute Gasteiger partial charge is 0.495 e.